The lowest BCUT2D eigenvalue weighted by molar-refractivity contribution is -0.135. The smallest absolute Gasteiger partial charge is 0.232 e. The van der Waals surface area contributed by atoms with E-state index in [1.165, 1.54) is 0 Å². The molecule has 2 bridgehead atoms. The molecule has 0 aromatic carbocycles. The zero-order valence-corrected chi connectivity index (χ0v) is 9.52. The third-order valence-corrected chi connectivity index (χ3v) is 5.01. The van der Waals surface area contributed by atoms with Crippen LogP contribution in [0.4, 0.5) is 0 Å². The van der Waals surface area contributed by atoms with Crippen LogP contribution in [0.25, 0.3) is 0 Å². The summed E-state index contributed by atoms with van der Waals surface area (Å²) in [6.45, 7) is 6.15. The van der Waals surface area contributed by atoms with E-state index in [9.17, 15) is 9.59 Å². The van der Waals surface area contributed by atoms with Crippen molar-refractivity contribution < 1.29 is 9.59 Å². The van der Waals surface area contributed by atoms with Gasteiger partial charge in [0.15, 0.2) is 5.78 Å². The van der Waals surface area contributed by atoms with E-state index in [1.54, 1.807) is 0 Å². The molecule has 0 heterocycles. The molecule has 3 atom stereocenters. The summed E-state index contributed by atoms with van der Waals surface area (Å²) in [5, 5.41) is -0.462. The molecule has 78 valence electrons. The molecule has 0 spiro atoms. The highest BCUT2D eigenvalue weighted by Gasteiger charge is 2.67. The van der Waals surface area contributed by atoms with Crippen LogP contribution in [0.15, 0.2) is 0 Å². The molecule has 0 aliphatic heterocycles. The van der Waals surface area contributed by atoms with Gasteiger partial charge in [-0.05, 0) is 35.8 Å². The zero-order valence-electron chi connectivity index (χ0n) is 8.76. The molecule has 0 unspecified atom stereocenters. The van der Waals surface area contributed by atoms with E-state index in [4.69, 9.17) is 11.6 Å². The maximum Gasteiger partial charge on any atom is 0.232 e. The molecule has 2 nitrogen and oxygen atoms in total. The van der Waals surface area contributed by atoms with Gasteiger partial charge in [-0.25, -0.2) is 0 Å². The van der Waals surface area contributed by atoms with Crippen LogP contribution in [0.5, 0.6) is 0 Å². The molecule has 2 aliphatic carbocycles. The van der Waals surface area contributed by atoms with E-state index in [1.807, 2.05) is 6.92 Å². The first-order chi connectivity index (χ1) is 6.32. The molecular weight excluding hydrogens is 200 g/mol. The summed E-state index contributed by atoms with van der Waals surface area (Å²) in [5.41, 5.74) is -0.397. The summed E-state index contributed by atoms with van der Waals surface area (Å²) < 4.78 is 0. The molecule has 0 amide bonds. The lowest BCUT2D eigenvalue weighted by Crippen LogP contribution is -2.34. The molecule has 0 aromatic heterocycles. The fourth-order valence-electron chi connectivity index (χ4n) is 3.35. The van der Waals surface area contributed by atoms with Crippen LogP contribution in [0.2, 0.25) is 0 Å². The Kier molecular flexibility index (Phi) is 1.89. The summed E-state index contributed by atoms with van der Waals surface area (Å²) in [7, 11) is 0. The van der Waals surface area contributed by atoms with Crippen molar-refractivity contribution in [1.29, 1.82) is 0 Å². The van der Waals surface area contributed by atoms with Crippen molar-refractivity contribution in [2.75, 3.05) is 0 Å². The van der Waals surface area contributed by atoms with Crippen LogP contribution in [-0.4, -0.2) is 11.0 Å². The van der Waals surface area contributed by atoms with Crippen molar-refractivity contribution in [2.45, 2.75) is 33.6 Å². The number of Topliss-reactive ketones (excluding diaryl/α,β-unsaturated/α-hetero) is 1. The van der Waals surface area contributed by atoms with Gasteiger partial charge in [0.2, 0.25) is 5.24 Å². The molecule has 2 fully saturated rings. The predicted molar refractivity (Wildman–Crippen MR) is 54.0 cm³/mol. The van der Waals surface area contributed by atoms with E-state index < -0.39 is 11.2 Å². The van der Waals surface area contributed by atoms with Crippen molar-refractivity contribution in [3.8, 4) is 0 Å². The highest BCUT2D eigenvalue weighted by atomic mass is 35.5. The quantitative estimate of drug-likeness (QED) is 0.496. The molecular formula is C11H15ClO2. The van der Waals surface area contributed by atoms with E-state index in [2.05, 4.69) is 13.8 Å². The second-order valence-corrected chi connectivity index (χ2v) is 5.72. The maximum atomic E-state index is 12.0. The Morgan fingerprint density at radius 3 is 2.29 bits per heavy atom. The maximum absolute atomic E-state index is 12.0. The van der Waals surface area contributed by atoms with E-state index in [-0.39, 0.29) is 22.5 Å². The summed E-state index contributed by atoms with van der Waals surface area (Å²) in [5.74, 6) is -0.311. The van der Waals surface area contributed by atoms with Gasteiger partial charge in [-0.15, -0.1) is 0 Å². The lowest BCUT2D eigenvalue weighted by Gasteiger charge is -2.32. The number of carbonyl (C=O) groups excluding carboxylic acids is 2. The Morgan fingerprint density at radius 1 is 1.43 bits per heavy atom. The first kappa shape index (κ1) is 10.2. The van der Waals surface area contributed by atoms with Crippen LogP contribution in [-0.2, 0) is 9.59 Å². The van der Waals surface area contributed by atoms with Gasteiger partial charge in [0.1, 0.15) is 0 Å². The molecule has 2 rings (SSSR count). The molecule has 0 radical (unpaired) electrons. The minimum absolute atomic E-state index is 0.0683. The van der Waals surface area contributed by atoms with Gasteiger partial charge in [-0.2, -0.15) is 0 Å². The number of halogens is 1. The average Bonchev–Trinajstić information content (AvgIpc) is 2.35. The summed E-state index contributed by atoms with van der Waals surface area (Å²) >= 11 is 5.50. The van der Waals surface area contributed by atoms with Crippen LogP contribution >= 0.6 is 11.6 Å². The highest BCUT2D eigenvalue weighted by Crippen LogP contribution is 2.65. The Hall–Kier alpha value is -0.370. The second-order valence-electron chi connectivity index (χ2n) is 5.34. The minimum atomic E-state index is -0.537. The summed E-state index contributed by atoms with van der Waals surface area (Å²) in [4.78, 5) is 23.3. The number of hydrogen-bond donors (Lipinski definition) is 0. The summed E-state index contributed by atoms with van der Waals surface area (Å²) in [6, 6.07) is 0. The summed E-state index contributed by atoms with van der Waals surface area (Å²) in [6.07, 6.45) is 1.86. The molecule has 0 N–H and O–H groups in total. The van der Waals surface area contributed by atoms with Gasteiger partial charge in [0.05, 0.1) is 5.92 Å². The number of fused-ring (bicyclic) bond motifs is 2. The van der Waals surface area contributed by atoms with Gasteiger partial charge in [-0.1, -0.05) is 20.8 Å². The van der Waals surface area contributed by atoms with Crippen LogP contribution in [0, 0.1) is 22.7 Å². The third-order valence-electron chi connectivity index (χ3n) is 4.78. The van der Waals surface area contributed by atoms with Gasteiger partial charge in [-0.3, -0.25) is 9.59 Å². The molecule has 0 aromatic rings. The Balaban J connectivity index is 2.49. The molecule has 14 heavy (non-hydrogen) atoms. The first-order valence-electron chi connectivity index (χ1n) is 5.06. The van der Waals surface area contributed by atoms with Crippen LogP contribution in [0.1, 0.15) is 33.6 Å². The standard InChI is InChI=1S/C11H15ClO2/c1-10(2)6-4-5-11(10,3)8(13)7(6)9(12)14/h6-7H,4-5H2,1-3H3/t6-,7-,11+/m1/s1. The van der Waals surface area contributed by atoms with Gasteiger partial charge < -0.3 is 0 Å². The van der Waals surface area contributed by atoms with Gasteiger partial charge in [0.25, 0.3) is 0 Å². The number of ketones is 1. The fraction of sp³-hybridized carbons (Fsp3) is 0.818. The first-order valence-corrected chi connectivity index (χ1v) is 5.44. The highest BCUT2D eigenvalue weighted by molar-refractivity contribution is 6.65. The van der Waals surface area contributed by atoms with Crippen molar-refractivity contribution in [2.24, 2.45) is 22.7 Å². The molecule has 3 heteroatoms. The molecule has 0 saturated heterocycles. The largest absolute Gasteiger partial charge is 0.298 e. The lowest BCUT2D eigenvalue weighted by atomic mass is 9.70. The molecule has 2 aliphatic rings. The number of hydrogen-bond acceptors (Lipinski definition) is 2. The Labute approximate surface area is 89.0 Å². The van der Waals surface area contributed by atoms with Crippen LogP contribution < -0.4 is 0 Å². The average molecular weight is 215 g/mol. The van der Waals surface area contributed by atoms with E-state index in [0.29, 0.717) is 0 Å². The van der Waals surface area contributed by atoms with Crippen molar-refractivity contribution in [3.63, 3.8) is 0 Å². The number of rotatable bonds is 1. The number of carbonyl (C=O) groups is 2. The predicted octanol–water partition coefficient (Wildman–Crippen LogP) is 2.39. The van der Waals surface area contributed by atoms with Gasteiger partial charge in [0, 0.05) is 5.41 Å². The monoisotopic (exact) mass is 214 g/mol. The van der Waals surface area contributed by atoms with Gasteiger partial charge >= 0.3 is 0 Å². The Morgan fingerprint density at radius 2 is 2.00 bits per heavy atom. The van der Waals surface area contributed by atoms with E-state index >= 15 is 0 Å². The molecule has 2 saturated carbocycles. The third kappa shape index (κ3) is 0.881. The Bertz CT molecular complexity index is 321. The zero-order chi connectivity index (χ0) is 10.7. The van der Waals surface area contributed by atoms with E-state index in [0.717, 1.165) is 12.8 Å². The normalized spacial score (nSPS) is 44.4. The second kappa shape index (κ2) is 2.60. The topological polar surface area (TPSA) is 34.1 Å². The SMILES string of the molecule is CC1(C)[C@@H]2CC[C@@]1(C)C(=O)[C@@H]2C(=O)Cl. The fourth-order valence-corrected chi connectivity index (χ4v) is 3.60. The van der Waals surface area contributed by atoms with Crippen molar-refractivity contribution >= 4 is 22.6 Å². The minimum Gasteiger partial charge on any atom is -0.298 e. The van der Waals surface area contributed by atoms with Crippen molar-refractivity contribution in [1.82, 2.24) is 0 Å². The van der Waals surface area contributed by atoms with Crippen LogP contribution in [0.3, 0.4) is 0 Å². The van der Waals surface area contributed by atoms with Crippen molar-refractivity contribution in [3.05, 3.63) is 0 Å².